The molecule has 0 amide bonds. The van der Waals surface area contributed by atoms with Gasteiger partial charge < -0.3 is 5.32 Å². The van der Waals surface area contributed by atoms with Crippen molar-refractivity contribution in [1.82, 2.24) is 5.32 Å². The molecule has 3 heteroatoms. The van der Waals surface area contributed by atoms with Crippen molar-refractivity contribution >= 4 is 16.9 Å². The van der Waals surface area contributed by atoms with E-state index in [1.54, 1.807) is 0 Å². The number of hydrogen-bond donors (Lipinski definition) is 1. The van der Waals surface area contributed by atoms with Crippen LogP contribution in [0, 0.1) is 5.92 Å². The van der Waals surface area contributed by atoms with Crippen LogP contribution >= 0.6 is 11.8 Å². The molecule has 1 aromatic rings. The van der Waals surface area contributed by atoms with E-state index >= 15 is 0 Å². The highest BCUT2D eigenvalue weighted by Crippen LogP contribution is 2.28. The summed E-state index contributed by atoms with van der Waals surface area (Å²) < 4.78 is 0. The topological polar surface area (TPSA) is 24.4 Å². The van der Waals surface area contributed by atoms with Gasteiger partial charge in [0.05, 0.1) is 6.54 Å². The van der Waals surface area contributed by atoms with Crippen molar-refractivity contribution in [3.63, 3.8) is 0 Å². The first-order valence-corrected chi connectivity index (χ1v) is 7.65. The third-order valence-corrected chi connectivity index (χ3v) is 5.27. The molecule has 96 valence electrons. The number of aliphatic imine (C=N–C) groups is 1. The van der Waals surface area contributed by atoms with Gasteiger partial charge in [-0.3, -0.25) is 4.99 Å². The van der Waals surface area contributed by atoms with E-state index in [1.165, 1.54) is 11.1 Å². The smallest absolute Gasteiger partial charge is 0.157 e. The molecule has 2 nitrogen and oxygen atoms in total. The van der Waals surface area contributed by atoms with E-state index in [4.69, 9.17) is 0 Å². The van der Waals surface area contributed by atoms with E-state index in [9.17, 15) is 0 Å². The summed E-state index contributed by atoms with van der Waals surface area (Å²) in [6.07, 6.45) is 2.28. The lowest BCUT2D eigenvalue weighted by atomic mass is 10.1. The Kier molecular flexibility index (Phi) is 3.33. The third kappa shape index (κ3) is 2.41. The molecule has 0 saturated carbocycles. The molecule has 1 N–H and O–H groups in total. The fraction of sp³-hybridized carbons (Fsp3) is 0.533. The van der Waals surface area contributed by atoms with Gasteiger partial charge in [-0.25, -0.2) is 0 Å². The highest BCUT2D eigenvalue weighted by atomic mass is 32.2. The summed E-state index contributed by atoms with van der Waals surface area (Å²) in [6.45, 7) is 5.54. The Hall–Kier alpha value is -0.960. The molecule has 1 heterocycles. The number of benzene rings is 1. The second-order valence-corrected chi connectivity index (χ2v) is 6.79. The number of amidine groups is 1. The first-order chi connectivity index (χ1) is 8.72. The summed E-state index contributed by atoms with van der Waals surface area (Å²) in [7, 11) is 0. The van der Waals surface area contributed by atoms with E-state index < -0.39 is 0 Å². The molecular formula is C15H20N2S. The average molecular weight is 260 g/mol. The standard InChI is InChI=1S/C15H20N2S/c1-10(2)14-9-16-15(18-14)17-13-7-11-5-3-4-6-12(11)8-13/h3-6,10,13-14H,7-9H2,1-2H3,(H,16,17). The normalized spacial score (nSPS) is 23.3. The zero-order chi connectivity index (χ0) is 12.5. The van der Waals surface area contributed by atoms with Crippen molar-refractivity contribution in [2.24, 2.45) is 10.9 Å². The number of fused-ring (bicyclic) bond motifs is 1. The van der Waals surface area contributed by atoms with Gasteiger partial charge >= 0.3 is 0 Å². The van der Waals surface area contributed by atoms with Crippen LogP contribution < -0.4 is 5.32 Å². The van der Waals surface area contributed by atoms with E-state index in [0.717, 1.165) is 24.6 Å². The van der Waals surface area contributed by atoms with Gasteiger partial charge in [0.2, 0.25) is 0 Å². The summed E-state index contributed by atoms with van der Waals surface area (Å²) in [6, 6.07) is 9.31. The number of thioether (sulfide) groups is 1. The van der Waals surface area contributed by atoms with Gasteiger partial charge in [-0.05, 0) is 29.9 Å². The van der Waals surface area contributed by atoms with Gasteiger partial charge in [-0.15, -0.1) is 0 Å². The van der Waals surface area contributed by atoms with Gasteiger partial charge in [-0.1, -0.05) is 49.9 Å². The van der Waals surface area contributed by atoms with Crippen molar-refractivity contribution in [3.05, 3.63) is 35.4 Å². The van der Waals surface area contributed by atoms with Gasteiger partial charge in [0.25, 0.3) is 0 Å². The SMILES string of the molecule is CC(C)C1CN=C(NC2Cc3ccccc3C2)S1. The van der Waals surface area contributed by atoms with Crippen molar-refractivity contribution in [2.75, 3.05) is 6.54 Å². The zero-order valence-corrected chi connectivity index (χ0v) is 11.8. The number of rotatable bonds is 2. The quantitative estimate of drug-likeness (QED) is 0.884. The predicted molar refractivity (Wildman–Crippen MR) is 79.3 cm³/mol. The molecular weight excluding hydrogens is 240 g/mol. The lowest BCUT2D eigenvalue weighted by Gasteiger charge is -2.15. The minimum atomic E-state index is 0.541. The van der Waals surface area contributed by atoms with Crippen LogP contribution in [0.25, 0.3) is 0 Å². The van der Waals surface area contributed by atoms with Crippen LogP contribution in [-0.2, 0) is 12.8 Å². The largest absolute Gasteiger partial charge is 0.362 e. The molecule has 0 aromatic heterocycles. The van der Waals surface area contributed by atoms with Crippen LogP contribution in [0.2, 0.25) is 0 Å². The second-order valence-electron chi connectivity index (χ2n) is 5.56. The predicted octanol–water partition coefficient (Wildman–Crippen LogP) is 2.87. The molecule has 1 atom stereocenters. The Labute approximate surface area is 113 Å². The van der Waals surface area contributed by atoms with Gasteiger partial charge in [-0.2, -0.15) is 0 Å². The van der Waals surface area contributed by atoms with E-state index in [2.05, 4.69) is 48.4 Å². The monoisotopic (exact) mass is 260 g/mol. The third-order valence-electron chi connectivity index (χ3n) is 3.80. The number of hydrogen-bond acceptors (Lipinski definition) is 3. The maximum atomic E-state index is 4.63. The Morgan fingerprint density at radius 1 is 1.22 bits per heavy atom. The Balaban J connectivity index is 1.58. The maximum absolute atomic E-state index is 4.63. The van der Waals surface area contributed by atoms with E-state index in [1.807, 2.05) is 11.8 Å². The summed E-state index contributed by atoms with van der Waals surface area (Å²) in [5.74, 6) is 0.707. The van der Waals surface area contributed by atoms with Crippen molar-refractivity contribution in [3.8, 4) is 0 Å². The van der Waals surface area contributed by atoms with Crippen LogP contribution in [-0.4, -0.2) is 23.0 Å². The summed E-state index contributed by atoms with van der Waals surface area (Å²) in [5, 5.41) is 5.44. The molecule has 0 fully saturated rings. The molecule has 1 unspecified atom stereocenters. The minimum absolute atomic E-state index is 0.541. The van der Waals surface area contributed by atoms with Gasteiger partial charge in [0.1, 0.15) is 0 Å². The Morgan fingerprint density at radius 2 is 1.89 bits per heavy atom. The first-order valence-electron chi connectivity index (χ1n) is 6.77. The van der Waals surface area contributed by atoms with Crippen LogP contribution in [0.4, 0.5) is 0 Å². The van der Waals surface area contributed by atoms with Crippen LogP contribution in [0.3, 0.4) is 0 Å². The molecule has 1 aliphatic carbocycles. The van der Waals surface area contributed by atoms with Crippen LogP contribution in [0.1, 0.15) is 25.0 Å². The fourth-order valence-corrected chi connectivity index (χ4v) is 3.74. The van der Waals surface area contributed by atoms with Gasteiger partial charge in [0, 0.05) is 11.3 Å². The van der Waals surface area contributed by atoms with Crippen molar-refractivity contribution in [2.45, 2.75) is 38.0 Å². The lowest BCUT2D eigenvalue weighted by Crippen LogP contribution is -2.33. The van der Waals surface area contributed by atoms with E-state index in [-0.39, 0.29) is 0 Å². The Bertz CT molecular complexity index is 442. The molecule has 3 rings (SSSR count). The van der Waals surface area contributed by atoms with Crippen molar-refractivity contribution < 1.29 is 0 Å². The van der Waals surface area contributed by atoms with Crippen LogP contribution in [0.5, 0.6) is 0 Å². The highest BCUT2D eigenvalue weighted by Gasteiger charge is 2.26. The molecule has 0 saturated heterocycles. The highest BCUT2D eigenvalue weighted by molar-refractivity contribution is 8.14. The second kappa shape index (κ2) is 4.96. The summed E-state index contributed by atoms with van der Waals surface area (Å²) >= 11 is 1.92. The average Bonchev–Trinajstić information content (AvgIpc) is 2.94. The molecule has 1 aliphatic heterocycles. The van der Waals surface area contributed by atoms with E-state index in [0.29, 0.717) is 17.2 Å². The number of nitrogens with zero attached hydrogens (tertiary/aromatic N) is 1. The van der Waals surface area contributed by atoms with Crippen LogP contribution in [0.15, 0.2) is 29.3 Å². The summed E-state index contributed by atoms with van der Waals surface area (Å²) in [4.78, 5) is 4.63. The molecule has 18 heavy (non-hydrogen) atoms. The molecule has 2 aliphatic rings. The fourth-order valence-electron chi connectivity index (χ4n) is 2.65. The Morgan fingerprint density at radius 3 is 2.44 bits per heavy atom. The van der Waals surface area contributed by atoms with Gasteiger partial charge in [0.15, 0.2) is 5.17 Å². The minimum Gasteiger partial charge on any atom is -0.362 e. The number of nitrogens with one attached hydrogen (secondary N) is 1. The van der Waals surface area contributed by atoms with Crippen molar-refractivity contribution in [1.29, 1.82) is 0 Å². The molecule has 0 radical (unpaired) electrons. The maximum Gasteiger partial charge on any atom is 0.157 e. The lowest BCUT2D eigenvalue weighted by molar-refractivity contribution is 0.620. The summed E-state index contributed by atoms with van der Waals surface area (Å²) in [5.41, 5.74) is 3.00. The zero-order valence-electron chi connectivity index (χ0n) is 11.0. The molecule has 0 spiro atoms. The molecule has 1 aromatic carbocycles. The molecule has 0 bridgehead atoms. The first kappa shape index (κ1) is 12.1.